The number of hydrogen-bond donors (Lipinski definition) is 2. The van der Waals surface area contributed by atoms with Crippen molar-refractivity contribution in [3.63, 3.8) is 0 Å². The first kappa shape index (κ1) is 16.5. The van der Waals surface area contributed by atoms with Gasteiger partial charge in [-0.3, -0.25) is 4.79 Å². The van der Waals surface area contributed by atoms with Gasteiger partial charge < -0.3 is 10.4 Å². The van der Waals surface area contributed by atoms with E-state index >= 15 is 0 Å². The molecule has 1 aliphatic rings. The quantitative estimate of drug-likeness (QED) is 0.701. The van der Waals surface area contributed by atoms with Gasteiger partial charge in [0, 0.05) is 19.7 Å². The maximum Gasteiger partial charge on any atom is 0.291 e. The van der Waals surface area contributed by atoms with E-state index in [1.807, 2.05) is 6.92 Å². The van der Waals surface area contributed by atoms with Crippen LogP contribution in [0.25, 0.3) is 0 Å². The molecule has 1 aromatic heterocycles. The van der Waals surface area contributed by atoms with Gasteiger partial charge in [-0.25, -0.2) is 4.68 Å². The van der Waals surface area contributed by atoms with Gasteiger partial charge in [0.25, 0.3) is 5.56 Å². The number of aromatic nitrogens is 2. The topological polar surface area (TPSA) is 67.2 Å². The maximum atomic E-state index is 12.4. The highest BCUT2D eigenvalue weighted by atomic mass is 79.9. The largest absolute Gasteiger partial charge is 0.396 e. The number of aliphatic hydroxyl groups is 1. The molecule has 2 rings (SSSR count). The Bertz CT molecular complexity index is 514. The standard InChI is InChI=1S/C15H24BrN3O2/c1-11(10-20)4-3-7-17-14-13(16)8-18-19(15(14)21)9-12-5-2-6-12/h8,11-12,17,20H,2-7,9-10H2,1H3. The van der Waals surface area contributed by atoms with Gasteiger partial charge in [0.05, 0.1) is 10.7 Å². The molecule has 6 heteroatoms. The number of nitrogens with zero attached hydrogens (tertiary/aromatic N) is 2. The number of halogens is 1. The molecule has 0 saturated heterocycles. The van der Waals surface area contributed by atoms with Crippen molar-refractivity contribution >= 4 is 21.6 Å². The summed E-state index contributed by atoms with van der Waals surface area (Å²) in [5.74, 6) is 0.914. The Hall–Kier alpha value is -0.880. The second-order valence-corrected chi connectivity index (χ2v) is 6.86. The fourth-order valence-corrected chi connectivity index (χ4v) is 2.84. The number of aliphatic hydroxyl groups excluding tert-OH is 1. The lowest BCUT2D eigenvalue weighted by molar-refractivity contribution is 0.229. The maximum absolute atomic E-state index is 12.4. The van der Waals surface area contributed by atoms with Gasteiger partial charge in [0.1, 0.15) is 5.69 Å². The molecule has 0 aromatic carbocycles. The van der Waals surface area contributed by atoms with Gasteiger partial charge in [0.15, 0.2) is 0 Å². The van der Waals surface area contributed by atoms with Gasteiger partial charge in [-0.05, 0) is 53.4 Å². The molecule has 0 amide bonds. The highest BCUT2D eigenvalue weighted by Gasteiger charge is 2.20. The summed E-state index contributed by atoms with van der Waals surface area (Å²) in [6, 6.07) is 0. The highest BCUT2D eigenvalue weighted by Crippen LogP contribution is 2.27. The number of rotatable bonds is 8. The SMILES string of the molecule is CC(CO)CCCNc1c(Br)cnn(CC2CCC2)c1=O. The Labute approximate surface area is 133 Å². The number of hydrogen-bond acceptors (Lipinski definition) is 4. The molecule has 1 aromatic rings. The Balaban J connectivity index is 1.94. The summed E-state index contributed by atoms with van der Waals surface area (Å²) < 4.78 is 2.29. The van der Waals surface area contributed by atoms with Gasteiger partial charge in [-0.1, -0.05) is 13.3 Å². The van der Waals surface area contributed by atoms with Crippen molar-refractivity contribution in [2.24, 2.45) is 11.8 Å². The van der Waals surface area contributed by atoms with Gasteiger partial charge in [-0.2, -0.15) is 5.10 Å². The van der Waals surface area contributed by atoms with Crippen LogP contribution in [-0.2, 0) is 6.54 Å². The number of nitrogens with one attached hydrogen (secondary N) is 1. The van der Waals surface area contributed by atoms with Gasteiger partial charge in [0.2, 0.25) is 0 Å². The lowest BCUT2D eigenvalue weighted by atomic mass is 9.85. The molecule has 0 aliphatic heterocycles. The molecule has 5 nitrogen and oxygen atoms in total. The molecule has 1 unspecified atom stereocenters. The zero-order valence-electron chi connectivity index (χ0n) is 12.5. The first-order valence-corrected chi connectivity index (χ1v) is 8.51. The molecule has 1 heterocycles. The minimum Gasteiger partial charge on any atom is -0.396 e. The third kappa shape index (κ3) is 4.54. The van der Waals surface area contributed by atoms with E-state index in [1.165, 1.54) is 19.3 Å². The van der Waals surface area contributed by atoms with Crippen molar-refractivity contribution < 1.29 is 5.11 Å². The van der Waals surface area contributed by atoms with Crippen LogP contribution in [0.2, 0.25) is 0 Å². The van der Waals surface area contributed by atoms with Crippen molar-refractivity contribution in [1.29, 1.82) is 0 Å². The van der Waals surface area contributed by atoms with Crippen LogP contribution in [-0.4, -0.2) is 28.0 Å². The lowest BCUT2D eigenvalue weighted by Gasteiger charge is -2.25. The van der Waals surface area contributed by atoms with E-state index in [-0.39, 0.29) is 12.2 Å². The van der Waals surface area contributed by atoms with Crippen LogP contribution >= 0.6 is 15.9 Å². The van der Waals surface area contributed by atoms with Crippen molar-refractivity contribution in [3.05, 3.63) is 21.0 Å². The van der Waals surface area contributed by atoms with E-state index in [1.54, 1.807) is 10.9 Å². The van der Waals surface area contributed by atoms with E-state index in [0.29, 0.717) is 22.0 Å². The summed E-state index contributed by atoms with van der Waals surface area (Å²) >= 11 is 3.39. The van der Waals surface area contributed by atoms with Crippen LogP contribution in [0.4, 0.5) is 5.69 Å². The Morgan fingerprint density at radius 3 is 2.95 bits per heavy atom. The second-order valence-electron chi connectivity index (χ2n) is 6.01. The van der Waals surface area contributed by atoms with Crippen LogP contribution in [0.15, 0.2) is 15.5 Å². The summed E-state index contributed by atoms with van der Waals surface area (Å²) in [6.07, 6.45) is 7.24. The molecular weight excluding hydrogens is 334 g/mol. The van der Waals surface area contributed by atoms with Crippen LogP contribution in [0.5, 0.6) is 0 Å². The lowest BCUT2D eigenvalue weighted by Crippen LogP contribution is -2.31. The minimum atomic E-state index is -0.0496. The molecule has 1 aliphatic carbocycles. The molecule has 1 fully saturated rings. The third-order valence-corrected chi connectivity index (χ3v) is 4.74. The Morgan fingerprint density at radius 2 is 2.33 bits per heavy atom. The zero-order chi connectivity index (χ0) is 15.2. The predicted octanol–water partition coefficient (Wildman–Crippen LogP) is 2.63. The predicted molar refractivity (Wildman–Crippen MR) is 87.5 cm³/mol. The van der Waals surface area contributed by atoms with Gasteiger partial charge in [-0.15, -0.1) is 0 Å². The monoisotopic (exact) mass is 357 g/mol. The Kier molecular flexibility index (Phi) is 6.23. The van der Waals surface area contributed by atoms with Crippen LogP contribution in [0, 0.1) is 11.8 Å². The average molecular weight is 358 g/mol. The van der Waals surface area contributed by atoms with Crippen molar-refractivity contribution in [3.8, 4) is 0 Å². The minimum absolute atomic E-state index is 0.0496. The molecule has 0 radical (unpaired) electrons. The first-order chi connectivity index (χ1) is 10.1. The summed E-state index contributed by atoms with van der Waals surface area (Å²) in [5.41, 5.74) is 0.549. The van der Waals surface area contributed by atoms with Gasteiger partial charge >= 0.3 is 0 Å². The first-order valence-electron chi connectivity index (χ1n) is 7.72. The van der Waals surface area contributed by atoms with E-state index < -0.39 is 0 Å². The fraction of sp³-hybridized carbons (Fsp3) is 0.733. The van der Waals surface area contributed by atoms with Crippen molar-refractivity contribution in [2.45, 2.75) is 45.6 Å². The number of anilines is 1. The van der Waals surface area contributed by atoms with Crippen molar-refractivity contribution in [1.82, 2.24) is 9.78 Å². The van der Waals surface area contributed by atoms with E-state index in [2.05, 4.69) is 26.3 Å². The summed E-state index contributed by atoms with van der Waals surface area (Å²) in [6.45, 7) is 3.69. The molecule has 2 N–H and O–H groups in total. The molecule has 0 spiro atoms. The smallest absolute Gasteiger partial charge is 0.291 e. The summed E-state index contributed by atoms with van der Waals surface area (Å²) in [5, 5.41) is 16.4. The van der Waals surface area contributed by atoms with E-state index in [9.17, 15) is 4.79 Å². The molecule has 21 heavy (non-hydrogen) atoms. The molecule has 0 bridgehead atoms. The van der Waals surface area contributed by atoms with E-state index in [4.69, 9.17) is 5.11 Å². The zero-order valence-corrected chi connectivity index (χ0v) is 14.1. The summed E-state index contributed by atoms with van der Waals surface area (Å²) in [4.78, 5) is 12.4. The molecule has 118 valence electrons. The molecular formula is C15H24BrN3O2. The third-order valence-electron chi connectivity index (χ3n) is 4.14. The second kappa shape index (κ2) is 7.94. The highest BCUT2D eigenvalue weighted by molar-refractivity contribution is 9.10. The molecule has 1 atom stereocenters. The fourth-order valence-electron chi connectivity index (χ4n) is 2.43. The van der Waals surface area contributed by atoms with E-state index in [0.717, 1.165) is 25.9 Å². The van der Waals surface area contributed by atoms with Crippen molar-refractivity contribution in [2.75, 3.05) is 18.5 Å². The average Bonchev–Trinajstić information content (AvgIpc) is 2.43. The van der Waals surface area contributed by atoms with Crippen LogP contribution in [0.1, 0.15) is 39.0 Å². The summed E-state index contributed by atoms with van der Waals surface area (Å²) in [7, 11) is 0. The van der Waals surface area contributed by atoms with Crippen LogP contribution in [0.3, 0.4) is 0 Å². The Morgan fingerprint density at radius 1 is 1.57 bits per heavy atom. The van der Waals surface area contributed by atoms with Crippen LogP contribution < -0.4 is 10.9 Å². The molecule has 1 saturated carbocycles. The normalized spacial score (nSPS) is 16.5.